The Kier molecular flexibility index (Phi) is 5.42. The number of benzene rings is 1. The summed E-state index contributed by atoms with van der Waals surface area (Å²) in [5, 5.41) is 3.50. The third-order valence-corrected chi connectivity index (χ3v) is 2.66. The van der Waals surface area contributed by atoms with E-state index in [0.717, 1.165) is 12.3 Å². The maximum atomic E-state index is 5.85. The van der Waals surface area contributed by atoms with Gasteiger partial charge in [0.05, 0.1) is 0 Å². The van der Waals surface area contributed by atoms with Crippen LogP contribution in [0.4, 0.5) is 0 Å². The van der Waals surface area contributed by atoms with E-state index in [1.54, 1.807) is 0 Å². The average molecular weight is 247 g/mol. The van der Waals surface area contributed by atoms with Crippen molar-refractivity contribution in [1.29, 1.82) is 0 Å². The van der Waals surface area contributed by atoms with Gasteiger partial charge in [0.25, 0.3) is 0 Å². The molecule has 0 atom stereocenters. The van der Waals surface area contributed by atoms with Crippen molar-refractivity contribution in [3.8, 4) is 5.75 Å². The van der Waals surface area contributed by atoms with Crippen molar-refractivity contribution in [1.82, 2.24) is 5.32 Å². The van der Waals surface area contributed by atoms with Crippen molar-refractivity contribution >= 4 is 0 Å². The van der Waals surface area contributed by atoms with Crippen molar-refractivity contribution in [2.75, 3.05) is 6.61 Å². The number of para-hydroxylation sites is 1. The second-order valence-corrected chi connectivity index (χ2v) is 5.55. The van der Waals surface area contributed by atoms with Gasteiger partial charge in [0.1, 0.15) is 12.4 Å². The van der Waals surface area contributed by atoms with E-state index in [-0.39, 0.29) is 5.54 Å². The monoisotopic (exact) mass is 247 g/mol. The van der Waals surface area contributed by atoms with Crippen LogP contribution in [0.2, 0.25) is 0 Å². The molecule has 0 unspecified atom stereocenters. The SMILES string of the molecule is C/C=C/COc1c(C)cccc1CNC(C)(C)C. The normalized spacial score (nSPS) is 12.1. The van der Waals surface area contributed by atoms with Crippen molar-refractivity contribution in [3.63, 3.8) is 0 Å². The Morgan fingerprint density at radius 3 is 2.61 bits per heavy atom. The minimum Gasteiger partial charge on any atom is -0.489 e. The highest BCUT2D eigenvalue weighted by Crippen LogP contribution is 2.24. The van der Waals surface area contributed by atoms with Crippen LogP contribution in [0.25, 0.3) is 0 Å². The van der Waals surface area contributed by atoms with Crippen LogP contribution in [0.3, 0.4) is 0 Å². The van der Waals surface area contributed by atoms with Gasteiger partial charge in [-0.05, 0) is 40.2 Å². The van der Waals surface area contributed by atoms with E-state index in [4.69, 9.17) is 4.74 Å². The second kappa shape index (κ2) is 6.60. The summed E-state index contributed by atoms with van der Waals surface area (Å²) in [6, 6.07) is 6.29. The Balaban J connectivity index is 2.79. The van der Waals surface area contributed by atoms with E-state index in [0.29, 0.717) is 6.61 Å². The molecule has 0 aliphatic carbocycles. The van der Waals surface area contributed by atoms with Crippen molar-refractivity contribution in [2.45, 2.75) is 46.7 Å². The van der Waals surface area contributed by atoms with Crippen LogP contribution in [0.1, 0.15) is 38.8 Å². The first-order chi connectivity index (χ1) is 8.44. The van der Waals surface area contributed by atoms with E-state index in [9.17, 15) is 0 Å². The third-order valence-electron chi connectivity index (χ3n) is 2.66. The van der Waals surface area contributed by atoms with Crippen molar-refractivity contribution in [2.24, 2.45) is 0 Å². The Labute approximate surface area is 111 Å². The van der Waals surface area contributed by atoms with E-state index in [1.807, 2.05) is 19.1 Å². The van der Waals surface area contributed by atoms with Gasteiger partial charge in [0.15, 0.2) is 0 Å². The standard InChI is InChI=1S/C16H25NO/c1-6-7-11-18-15-13(2)9-8-10-14(15)12-17-16(3,4)5/h6-10,17H,11-12H2,1-5H3/b7-6+. The van der Waals surface area contributed by atoms with Crippen molar-refractivity contribution in [3.05, 3.63) is 41.5 Å². The molecule has 18 heavy (non-hydrogen) atoms. The van der Waals surface area contributed by atoms with Gasteiger partial charge in [-0.2, -0.15) is 0 Å². The van der Waals surface area contributed by atoms with Gasteiger partial charge < -0.3 is 10.1 Å². The molecular formula is C16H25NO. The van der Waals surface area contributed by atoms with Crippen LogP contribution in [-0.2, 0) is 6.54 Å². The molecule has 1 aromatic rings. The molecule has 0 saturated carbocycles. The molecule has 1 aromatic carbocycles. The molecule has 1 rings (SSSR count). The van der Waals surface area contributed by atoms with Crippen LogP contribution < -0.4 is 10.1 Å². The molecule has 0 saturated heterocycles. The Morgan fingerprint density at radius 2 is 2.00 bits per heavy atom. The summed E-state index contributed by atoms with van der Waals surface area (Å²) in [6.45, 7) is 12.1. The lowest BCUT2D eigenvalue weighted by Crippen LogP contribution is -2.35. The third kappa shape index (κ3) is 4.92. The van der Waals surface area contributed by atoms with Gasteiger partial charge in [-0.25, -0.2) is 0 Å². The van der Waals surface area contributed by atoms with Gasteiger partial charge >= 0.3 is 0 Å². The zero-order chi connectivity index (χ0) is 13.6. The highest BCUT2D eigenvalue weighted by molar-refractivity contribution is 5.40. The van der Waals surface area contributed by atoms with Crippen molar-refractivity contribution < 1.29 is 4.74 Å². The van der Waals surface area contributed by atoms with E-state index in [1.165, 1.54) is 11.1 Å². The summed E-state index contributed by atoms with van der Waals surface area (Å²) in [5.41, 5.74) is 2.52. The molecule has 0 aromatic heterocycles. The fraction of sp³-hybridized carbons (Fsp3) is 0.500. The lowest BCUT2D eigenvalue weighted by Gasteiger charge is -2.22. The maximum Gasteiger partial charge on any atom is 0.127 e. The van der Waals surface area contributed by atoms with Crippen LogP contribution in [0.5, 0.6) is 5.75 Å². The quantitative estimate of drug-likeness (QED) is 0.798. The van der Waals surface area contributed by atoms with Gasteiger partial charge in [0, 0.05) is 17.6 Å². The Bertz CT molecular complexity index is 402. The molecule has 0 amide bonds. The Hall–Kier alpha value is -1.28. The van der Waals surface area contributed by atoms with E-state index >= 15 is 0 Å². The number of rotatable bonds is 5. The van der Waals surface area contributed by atoms with Gasteiger partial charge in [-0.15, -0.1) is 0 Å². The van der Waals surface area contributed by atoms with Crippen LogP contribution in [0, 0.1) is 6.92 Å². The largest absolute Gasteiger partial charge is 0.489 e. The number of hydrogen-bond acceptors (Lipinski definition) is 2. The predicted octanol–water partition coefficient (Wildman–Crippen LogP) is 3.84. The average Bonchev–Trinajstić information content (AvgIpc) is 2.28. The van der Waals surface area contributed by atoms with Crippen LogP contribution >= 0.6 is 0 Å². The highest BCUT2D eigenvalue weighted by Gasteiger charge is 2.11. The molecular weight excluding hydrogens is 222 g/mol. The maximum absolute atomic E-state index is 5.85. The zero-order valence-electron chi connectivity index (χ0n) is 12.2. The van der Waals surface area contributed by atoms with E-state index in [2.05, 4.69) is 51.2 Å². The molecule has 2 nitrogen and oxygen atoms in total. The smallest absolute Gasteiger partial charge is 0.127 e. The highest BCUT2D eigenvalue weighted by atomic mass is 16.5. The first kappa shape index (κ1) is 14.8. The molecule has 0 aliphatic rings. The van der Waals surface area contributed by atoms with Gasteiger partial charge in [-0.1, -0.05) is 30.4 Å². The number of hydrogen-bond donors (Lipinski definition) is 1. The first-order valence-corrected chi connectivity index (χ1v) is 6.51. The van der Waals surface area contributed by atoms with E-state index < -0.39 is 0 Å². The summed E-state index contributed by atoms with van der Waals surface area (Å²) >= 11 is 0. The van der Waals surface area contributed by atoms with Gasteiger partial charge in [-0.3, -0.25) is 0 Å². The molecule has 0 bridgehead atoms. The molecule has 0 spiro atoms. The molecule has 2 heteroatoms. The lowest BCUT2D eigenvalue weighted by molar-refractivity contribution is 0.350. The predicted molar refractivity (Wildman–Crippen MR) is 78.1 cm³/mol. The number of aryl methyl sites for hydroxylation is 1. The minimum atomic E-state index is 0.115. The van der Waals surface area contributed by atoms with Crippen LogP contribution in [-0.4, -0.2) is 12.1 Å². The van der Waals surface area contributed by atoms with Gasteiger partial charge in [0.2, 0.25) is 0 Å². The van der Waals surface area contributed by atoms with Crippen LogP contribution in [0.15, 0.2) is 30.4 Å². The molecule has 0 heterocycles. The summed E-state index contributed by atoms with van der Waals surface area (Å²) in [6.07, 6.45) is 4.03. The fourth-order valence-corrected chi connectivity index (χ4v) is 1.65. The lowest BCUT2D eigenvalue weighted by atomic mass is 10.1. The number of nitrogens with one attached hydrogen (secondary N) is 1. The number of ether oxygens (including phenoxy) is 1. The zero-order valence-corrected chi connectivity index (χ0v) is 12.2. The minimum absolute atomic E-state index is 0.115. The first-order valence-electron chi connectivity index (χ1n) is 6.51. The molecule has 100 valence electrons. The molecule has 1 N–H and O–H groups in total. The Morgan fingerprint density at radius 1 is 1.28 bits per heavy atom. The summed E-state index contributed by atoms with van der Waals surface area (Å²) in [7, 11) is 0. The topological polar surface area (TPSA) is 21.3 Å². The fourth-order valence-electron chi connectivity index (χ4n) is 1.65. The molecule has 0 aliphatic heterocycles. The molecule has 0 fully saturated rings. The summed E-state index contributed by atoms with van der Waals surface area (Å²) in [5.74, 6) is 1.01. The summed E-state index contributed by atoms with van der Waals surface area (Å²) in [4.78, 5) is 0. The summed E-state index contributed by atoms with van der Waals surface area (Å²) < 4.78 is 5.85. The second-order valence-electron chi connectivity index (χ2n) is 5.55. The number of allylic oxidation sites excluding steroid dienone is 1. The molecule has 0 radical (unpaired) electrons.